The molecular formula is C22H17ClN4O. The predicted octanol–water partition coefficient (Wildman–Crippen LogP) is 4.44. The van der Waals surface area contributed by atoms with Gasteiger partial charge in [-0.05, 0) is 29.3 Å². The standard InChI is InChI=1S/C22H17ClN4O/c1-26-20(17-8-4-5-9-18(17)23)25-19-10-16(11-24-21(19)26)22(28)27-12-14-6-2-3-7-15(14)13-27/h2-11H,12-13H2,1H3. The zero-order chi connectivity index (χ0) is 19.3. The Kier molecular flexibility index (Phi) is 3.91. The van der Waals surface area contributed by atoms with Gasteiger partial charge in [-0.15, -0.1) is 0 Å². The average molecular weight is 389 g/mol. The predicted molar refractivity (Wildman–Crippen MR) is 109 cm³/mol. The summed E-state index contributed by atoms with van der Waals surface area (Å²) in [5.41, 5.74) is 5.18. The quantitative estimate of drug-likeness (QED) is 0.510. The van der Waals surface area contributed by atoms with Crippen molar-refractivity contribution >= 4 is 28.7 Å². The van der Waals surface area contributed by atoms with Gasteiger partial charge >= 0.3 is 0 Å². The maximum absolute atomic E-state index is 13.0. The van der Waals surface area contributed by atoms with Gasteiger partial charge < -0.3 is 9.47 Å². The molecule has 138 valence electrons. The summed E-state index contributed by atoms with van der Waals surface area (Å²) in [6.45, 7) is 1.25. The van der Waals surface area contributed by atoms with Gasteiger partial charge in [-0.2, -0.15) is 0 Å². The van der Waals surface area contributed by atoms with Gasteiger partial charge in [-0.3, -0.25) is 4.79 Å². The van der Waals surface area contributed by atoms with Gasteiger partial charge in [0.1, 0.15) is 11.3 Å². The molecule has 2 aromatic heterocycles. The second-order valence-electron chi connectivity index (χ2n) is 6.97. The van der Waals surface area contributed by atoms with E-state index in [1.165, 1.54) is 11.1 Å². The molecule has 1 aliphatic rings. The molecule has 3 heterocycles. The van der Waals surface area contributed by atoms with Crippen molar-refractivity contribution in [3.63, 3.8) is 0 Å². The third-order valence-corrected chi connectivity index (χ3v) is 5.53. The molecule has 5 rings (SSSR count). The largest absolute Gasteiger partial charge is 0.330 e. The smallest absolute Gasteiger partial charge is 0.256 e. The summed E-state index contributed by atoms with van der Waals surface area (Å²) >= 11 is 6.34. The van der Waals surface area contributed by atoms with Crippen LogP contribution in [0.25, 0.3) is 22.6 Å². The van der Waals surface area contributed by atoms with E-state index in [0.717, 1.165) is 17.0 Å². The van der Waals surface area contributed by atoms with Crippen molar-refractivity contribution < 1.29 is 4.79 Å². The Labute approximate surface area is 167 Å². The lowest BCUT2D eigenvalue weighted by Gasteiger charge is -2.15. The minimum absolute atomic E-state index is 0.0319. The van der Waals surface area contributed by atoms with Crippen molar-refractivity contribution in [1.29, 1.82) is 0 Å². The Balaban J connectivity index is 1.51. The molecule has 2 aromatic carbocycles. The SMILES string of the molecule is Cn1c(-c2ccccc2Cl)nc2cc(C(=O)N3Cc4ccccc4C3)cnc21. The topological polar surface area (TPSA) is 51.0 Å². The molecule has 6 heteroatoms. The van der Waals surface area contributed by atoms with Gasteiger partial charge in [0.15, 0.2) is 5.65 Å². The number of halogens is 1. The molecule has 0 atom stereocenters. The number of hydrogen-bond donors (Lipinski definition) is 0. The third-order valence-electron chi connectivity index (χ3n) is 5.20. The highest BCUT2D eigenvalue weighted by molar-refractivity contribution is 6.33. The molecule has 0 unspecified atom stereocenters. The van der Waals surface area contributed by atoms with Gasteiger partial charge in [0, 0.05) is 31.9 Å². The normalized spacial score (nSPS) is 13.1. The van der Waals surface area contributed by atoms with E-state index >= 15 is 0 Å². The van der Waals surface area contributed by atoms with Gasteiger partial charge in [-0.25, -0.2) is 9.97 Å². The number of hydrogen-bond acceptors (Lipinski definition) is 3. The van der Waals surface area contributed by atoms with Crippen LogP contribution >= 0.6 is 11.6 Å². The molecule has 5 nitrogen and oxygen atoms in total. The fraction of sp³-hybridized carbons (Fsp3) is 0.136. The van der Waals surface area contributed by atoms with Crippen molar-refractivity contribution in [2.45, 2.75) is 13.1 Å². The zero-order valence-electron chi connectivity index (χ0n) is 15.3. The Morgan fingerprint density at radius 1 is 1.04 bits per heavy atom. The summed E-state index contributed by atoms with van der Waals surface area (Å²) in [5.74, 6) is 0.696. The summed E-state index contributed by atoms with van der Waals surface area (Å²) in [6, 6.07) is 17.5. The van der Waals surface area contributed by atoms with Crippen molar-refractivity contribution in [2.75, 3.05) is 0 Å². The van der Waals surface area contributed by atoms with E-state index in [0.29, 0.717) is 29.2 Å². The van der Waals surface area contributed by atoms with E-state index in [2.05, 4.69) is 17.1 Å². The molecule has 0 spiro atoms. The van der Waals surface area contributed by atoms with Crippen LogP contribution in [0.5, 0.6) is 0 Å². The molecule has 0 fully saturated rings. The lowest BCUT2D eigenvalue weighted by molar-refractivity contribution is 0.0751. The third kappa shape index (κ3) is 2.67. The molecule has 1 amide bonds. The maximum atomic E-state index is 13.0. The fourth-order valence-electron chi connectivity index (χ4n) is 3.74. The molecule has 0 bridgehead atoms. The van der Waals surface area contributed by atoms with E-state index in [-0.39, 0.29) is 5.91 Å². The van der Waals surface area contributed by atoms with Crippen LogP contribution < -0.4 is 0 Å². The number of carbonyl (C=O) groups excluding carboxylic acids is 1. The lowest BCUT2D eigenvalue weighted by Crippen LogP contribution is -2.25. The first kappa shape index (κ1) is 17.0. The molecule has 0 aliphatic carbocycles. The average Bonchev–Trinajstić information content (AvgIpc) is 3.29. The second kappa shape index (κ2) is 6.46. The number of rotatable bonds is 2. The highest BCUT2D eigenvalue weighted by Gasteiger charge is 2.25. The number of pyridine rings is 1. The molecule has 0 radical (unpaired) electrons. The summed E-state index contributed by atoms with van der Waals surface area (Å²) in [4.78, 5) is 24.0. The van der Waals surface area contributed by atoms with Crippen LogP contribution in [0.3, 0.4) is 0 Å². The van der Waals surface area contributed by atoms with Crippen molar-refractivity contribution in [3.05, 3.63) is 82.5 Å². The van der Waals surface area contributed by atoms with Crippen LogP contribution in [-0.4, -0.2) is 25.3 Å². The van der Waals surface area contributed by atoms with Gasteiger partial charge in [0.25, 0.3) is 5.91 Å². The van der Waals surface area contributed by atoms with Crippen molar-refractivity contribution in [2.24, 2.45) is 7.05 Å². The second-order valence-corrected chi connectivity index (χ2v) is 7.38. The Morgan fingerprint density at radius 2 is 1.71 bits per heavy atom. The lowest BCUT2D eigenvalue weighted by atomic mass is 10.1. The van der Waals surface area contributed by atoms with Crippen LogP contribution in [0.4, 0.5) is 0 Å². The van der Waals surface area contributed by atoms with Crippen LogP contribution in [-0.2, 0) is 20.1 Å². The monoisotopic (exact) mass is 388 g/mol. The summed E-state index contributed by atoms with van der Waals surface area (Å²) in [7, 11) is 1.90. The fourth-order valence-corrected chi connectivity index (χ4v) is 3.96. The number of carbonyl (C=O) groups is 1. The number of aromatic nitrogens is 3. The van der Waals surface area contributed by atoms with Gasteiger partial charge in [0.2, 0.25) is 0 Å². The van der Waals surface area contributed by atoms with Gasteiger partial charge in [-0.1, -0.05) is 48.0 Å². The Bertz CT molecular complexity index is 1210. The minimum atomic E-state index is -0.0319. The molecular weight excluding hydrogens is 372 g/mol. The number of imidazole rings is 1. The number of aryl methyl sites for hydroxylation is 1. The highest BCUT2D eigenvalue weighted by Crippen LogP contribution is 2.29. The first-order valence-electron chi connectivity index (χ1n) is 9.05. The van der Waals surface area contributed by atoms with E-state index in [1.807, 2.05) is 59.0 Å². The first-order chi connectivity index (χ1) is 13.6. The van der Waals surface area contributed by atoms with E-state index in [9.17, 15) is 4.79 Å². The molecule has 28 heavy (non-hydrogen) atoms. The first-order valence-corrected chi connectivity index (χ1v) is 9.43. The van der Waals surface area contributed by atoms with Crippen LogP contribution in [0, 0.1) is 0 Å². The van der Waals surface area contributed by atoms with Crippen molar-refractivity contribution in [3.8, 4) is 11.4 Å². The van der Waals surface area contributed by atoms with E-state index in [4.69, 9.17) is 16.6 Å². The molecule has 1 aliphatic heterocycles. The summed E-state index contributed by atoms with van der Waals surface area (Å²) in [6.07, 6.45) is 1.63. The van der Waals surface area contributed by atoms with E-state index in [1.54, 1.807) is 6.20 Å². The van der Waals surface area contributed by atoms with Gasteiger partial charge in [0.05, 0.1) is 10.6 Å². The molecule has 0 saturated carbocycles. The van der Waals surface area contributed by atoms with Crippen molar-refractivity contribution in [1.82, 2.24) is 19.4 Å². The summed E-state index contributed by atoms with van der Waals surface area (Å²) < 4.78 is 1.90. The highest BCUT2D eigenvalue weighted by atomic mass is 35.5. The van der Waals surface area contributed by atoms with Crippen LogP contribution in [0.15, 0.2) is 60.8 Å². The molecule has 0 saturated heterocycles. The zero-order valence-corrected chi connectivity index (χ0v) is 16.0. The van der Waals surface area contributed by atoms with Crippen LogP contribution in [0.1, 0.15) is 21.5 Å². The minimum Gasteiger partial charge on any atom is -0.330 e. The number of fused-ring (bicyclic) bond motifs is 2. The Morgan fingerprint density at radius 3 is 2.43 bits per heavy atom. The van der Waals surface area contributed by atoms with Crippen LogP contribution in [0.2, 0.25) is 5.02 Å². The molecule has 4 aromatic rings. The number of benzene rings is 2. The number of nitrogens with zero attached hydrogens (tertiary/aromatic N) is 4. The van der Waals surface area contributed by atoms with E-state index < -0.39 is 0 Å². The molecule has 0 N–H and O–H groups in total. The summed E-state index contributed by atoms with van der Waals surface area (Å²) in [5, 5.41) is 0.632. The maximum Gasteiger partial charge on any atom is 0.256 e. The Hall–Kier alpha value is -3.18. The number of amides is 1.